The molecule has 2 rings (SSSR count). The Bertz CT molecular complexity index is 511. The molecule has 1 atom stereocenters. The predicted molar refractivity (Wildman–Crippen MR) is 68.2 cm³/mol. The molecule has 88 valence electrons. The molecule has 0 aromatic heterocycles. The zero-order chi connectivity index (χ0) is 12.3. The van der Waals surface area contributed by atoms with Crippen LogP contribution in [0.2, 0.25) is 5.02 Å². The fourth-order valence-electron chi connectivity index (χ4n) is 1.77. The molecule has 0 spiro atoms. The molecule has 0 aliphatic heterocycles. The van der Waals surface area contributed by atoms with Crippen LogP contribution in [0.3, 0.4) is 0 Å². The minimum Gasteiger partial charge on any atom is -0.508 e. The largest absolute Gasteiger partial charge is 0.508 e. The van der Waals surface area contributed by atoms with Crippen molar-refractivity contribution < 1.29 is 10.2 Å². The normalized spacial score (nSPS) is 12.4. The van der Waals surface area contributed by atoms with Crippen molar-refractivity contribution in [3.05, 3.63) is 64.7 Å². The lowest BCUT2D eigenvalue weighted by Gasteiger charge is -2.12. The molecule has 0 heterocycles. The van der Waals surface area contributed by atoms with E-state index in [9.17, 15) is 10.2 Å². The maximum Gasteiger partial charge on any atom is 0.121 e. The summed E-state index contributed by atoms with van der Waals surface area (Å²) in [7, 11) is 0. The quantitative estimate of drug-likeness (QED) is 0.875. The summed E-state index contributed by atoms with van der Waals surface area (Å²) in [6, 6.07) is 14.1. The third-order valence-electron chi connectivity index (χ3n) is 2.61. The second kappa shape index (κ2) is 5.21. The topological polar surface area (TPSA) is 40.5 Å². The Morgan fingerprint density at radius 1 is 1.06 bits per heavy atom. The molecule has 17 heavy (non-hydrogen) atoms. The smallest absolute Gasteiger partial charge is 0.121 e. The first kappa shape index (κ1) is 12.0. The molecule has 0 amide bonds. The molecule has 2 aromatic carbocycles. The number of phenolic OH excluding ortho intramolecular Hbond substituents is 1. The van der Waals surface area contributed by atoms with Crippen LogP contribution in [0.5, 0.6) is 5.75 Å². The first-order valence-corrected chi connectivity index (χ1v) is 5.75. The maximum absolute atomic E-state index is 10.0. The van der Waals surface area contributed by atoms with E-state index in [0.717, 1.165) is 5.56 Å². The van der Waals surface area contributed by atoms with Crippen molar-refractivity contribution >= 4 is 11.6 Å². The summed E-state index contributed by atoms with van der Waals surface area (Å²) in [5, 5.41) is 20.3. The van der Waals surface area contributed by atoms with Crippen LogP contribution >= 0.6 is 11.6 Å². The van der Waals surface area contributed by atoms with Crippen molar-refractivity contribution in [2.75, 3.05) is 0 Å². The van der Waals surface area contributed by atoms with Gasteiger partial charge in [0.2, 0.25) is 0 Å². The molecule has 3 heteroatoms. The Kier molecular flexibility index (Phi) is 3.67. The molecule has 0 saturated heterocycles. The summed E-state index contributed by atoms with van der Waals surface area (Å²) >= 11 is 5.87. The highest BCUT2D eigenvalue weighted by Crippen LogP contribution is 2.26. The van der Waals surface area contributed by atoms with Crippen LogP contribution in [0.4, 0.5) is 0 Å². The minimum absolute atomic E-state index is 0.113. The van der Waals surface area contributed by atoms with Crippen LogP contribution in [0, 0.1) is 0 Å². The molecular formula is C14H13ClO2. The van der Waals surface area contributed by atoms with E-state index in [-0.39, 0.29) is 5.75 Å². The summed E-state index contributed by atoms with van der Waals surface area (Å²) in [4.78, 5) is 0. The number of hydrogen-bond acceptors (Lipinski definition) is 2. The highest BCUT2D eigenvalue weighted by molar-refractivity contribution is 6.30. The highest BCUT2D eigenvalue weighted by atomic mass is 35.5. The molecule has 2 aromatic rings. The van der Waals surface area contributed by atoms with Gasteiger partial charge in [0.15, 0.2) is 0 Å². The van der Waals surface area contributed by atoms with E-state index in [0.29, 0.717) is 17.0 Å². The number of hydrogen-bond donors (Lipinski definition) is 2. The molecule has 2 nitrogen and oxygen atoms in total. The van der Waals surface area contributed by atoms with Crippen LogP contribution in [-0.2, 0) is 6.42 Å². The SMILES string of the molecule is Oc1ccccc1[C@@H](O)Cc1cccc(Cl)c1. The predicted octanol–water partition coefficient (Wildman–Crippen LogP) is 3.32. The lowest BCUT2D eigenvalue weighted by Crippen LogP contribution is -2.01. The summed E-state index contributed by atoms with van der Waals surface area (Å²) < 4.78 is 0. The van der Waals surface area contributed by atoms with Crippen molar-refractivity contribution in [2.45, 2.75) is 12.5 Å². The molecule has 2 N–H and O–H groups in total. The van der Waals surface area contributed by atoms with E-state index in [4.69, 9.17) is 11.6 Å². The highest BCUT2D eigenvalue weighted by Gasteiger charge is 2.12. The summed E-state index contributed by atoms with van der Waals surface area (Å²) in [6.07, 6.45) is -0.298. The maximum atomic E-state index is 10.0. The molecular weight excluding hydrogens is 236 g/mol. The van der Waals surface area contributed by atoms with Crippen molar-refractivity contribution in [3.8, 4) is 5.75 Å². The number of aliphatic hydroxyl groups excluding tert-OH is 1. The third-order valence-corrected chi connectivity index (χ3v) is 2.85. The van der Waals surface area contributed by atoms with Gasteiger partial charge in [-0.15, -0.1) is 0 Å². The Hall–Kier alpha value is -1.51. The number of rotatable bonds is 3. The van der Waals surface area contributed by atoms with E-state index in [1.165, 1.54) is 0 Å². The number of aliphatic hydroxyl groups is 1. The van der Waals surface area contributed by atoms with E-state index >= 15 is 0 Å². The zero-order valence-electron chi connectivity index (χ0n) is 9.18. The standard InChI is InChI=1S/C14H13ClO2/c15-11-5-3-4-10(8-11)9-14(17)12-6-1-2-7-13(12)16/h1-8,14,16-17H,9H2/t14-/m0/s1. The molecule has 0 radical (unpaired) electrons. The van der Waals surface area contributed by atoms with Gasteiger partial charge in [0.05, 0.1) is 6.10 Å². The lowest BCUT2D eigenvalue weighted by atomic mass is 10.0. The van der Waals surface area contributed by atoms with Crippen LogP contribution in [-0.4, -0.2) is 10.2 Å². The Labute approximate surface area is 105 Å². The van der Waals surface area contributed by atoms with Crippen LogP contribution in [0.25, 0.3) is 0 Å². The molecule has 0 aliphatic rings. The number of halogens is 1. The Morgan fingerprint density at radius 2 is 1.82 bits per heavy atom. The van der Waals surface area contributed by atoms with Crippen LogP contribution < -0.4 is 0 Å². The van der Waals surface area contributed by atoms with Gasteiger partial charge in [-0.25, -0.2) is 0 Å². The summed E-state index contributed by atoms with van der Waals surface area (Å²) in [6.45, 7) is 0. The Balaban J connectivity index is 2.17. The number of phenols is 1. The van der Waals surface area contributed by atoms with Crippen LogP contribution in [0.15, 0.2) is 48.5 Å². The van der Waals surface area contributed by atoms with Gasteiger partial charge in [0, 0.05) is 17.0 Å². The van der Waals surface area contributed by atoms with Crippen molar-refractivity contribution in [3.63, 3.8) is 0 Å². The van der Waals surface area contributed by atoms with Gasteiger partial charge in [-0.1, -0.05) is 41.9 Å². The van der Waals surface area contributed by atoms with Gasteiger partial charge >= 0.3 is 0 Å². The average molecular weight is 249 g/mol. The number of aromatic hydroxyl groups is 1. The van der Waals surface area contributed by atoms with E-state index in [1.807, 2.05) is 18.2 Å². The van der Waals surface area contributed by atoms with Gasteiger partial charge < -0.3 is 10.2 Å². The zero-order valence-corrected chi connectivity index (χ0v) is 9.93. The molecule has 0 bridgehead atoms. The van der Waals surface area contributed by atoms with Gasteiger partial charge in [-0.2, -0.15) is 0 Å². The second-order valence-corrected chi connectivity index (χ2v) is 4.35. The van der Waals surface area contributed by atoms with Gasteiger partial charge in [-0.3, -0.25) is 0 Å². The van der Waals surface area contributed by atoms with Crippen molar-refractivity contribution in [1.82, 2.24) is 0 Å². The first-order valence-electron chi connectivity index (χ1n) is 5.37. The third kappa shape index (κ3) is 2.99. The summed E-state index contributed by atoms with van der Waals surface area (Å²) in [5.74, 6) is 0.113. The van der Waals surface area contributed by atoms with Gasteiger partial charge in [-0.05, 0) is 23.8 Å². The summed E-state index contributed by atoms with van der Waals surface area (Å²) in [5.41, 5.74) is 1.47. The number of benzene rings is 2. The van der Waals surface area contributed by atoms with Crippen molar-refractivity contribution in [1.29, 1.82) is 0 Å². The minimum atomic E-state index is -0.727. The van der Waals surface area contributed by atoms with E-state index in [1.54, 1.807) is 30.3 Å². The average Bonchev–Trinajstić information content (AvgIpc) is 2.29. The first-order chi connectivity index (χ1) is 8.16. The number of para-hydroxylation sites is 1. The molecule has 0 saturated carbocycles. The van der Waals surface area contributed by atoms with Crippen LogP contribution in [0.1, 0.15) is 17.2 Å². The van der Waals surface area contributed by atoms with Crippen molar-refractivity contribution in [2.24, 2.45) is 0 Å². The monoisotopic (exact) mass is 248 g/mol. The fourth-order valence-corrected chi connectivity index (χ4v) is 1.98. The van der Waals surface area contributed by atoms with Gasteiger partial charge in [0.1, 0.15) is 5.75 Å². The Morgan fingerprint density at radius 3 is 2.53 bits per heavy atom. The second-order valence-electron chi connectivity index (χ2n) is 3.91. The van der Waals surface area contributed by atoms with Gasteiger partial charge in [0.25, 0.3) is 0 Å². The van der Waals surface area contributed by atoms with E-state index < -0.39 is 6.10 Å². The molecule has 0 fully saturated rings. The molecule has 0 aliphatic carbocycles. The van der Waals surface area contributed by atoms with E-state index in [2.05, 4.69) is 0 Å². The lowest BCUT2D eigenvalue weighted by molar-refractivity contribution is 0.174. The molecule has 0 unspecified atom stereocenters. The fraction of sp³-hybridized carbons (Fsp3) is 0.143.